The van der Waals surface area contributed by atoms with Crippen LogP contribution in [0.5, 0.6) is 0 Å². The third-order valence-electron chi connectivity index (χ3n) is 18.5. The van der Waals surface area contributed by atoms with Crippen molar-refractivity contribution in [3.63, 3.8) is 0 Å². The van der Waals surface area contributed by atoms with Crippen molar-refractivity contribution >= 4 is 19.8 Å². The Morgan fingerprint density at radius 1 is 0.320 bits per heavy atom. The summed E-state index contributed by atoms with van der Waals surface area (Å²) in [6.45, 7) is 3.69. The van der Waals surface area contributed by atoms with Crippen LogP contribution in [-0.4, -0.2) is 49.3 Å². The molecule has 0 fully saturated rings. The second-order valence-electron chi connectivity index (χ2n) is 28.0. The van der Waals surface area contributed by atoms with Crippen LogP contribution in [0.3, 0.4) is 0 Å². The molecule has 0 radical (unpaired) electrons. The van der Waals surface area contributed by atoms with Crippen LogP contribution in [0, 0.1) is 0 Å². The van der Waals surface area contributed by atoms with Gasteiger partial charge in [-0.15, -0.1) is 0 Å². The first kappa shape index (κ1) is 93.9. The highest BCUT2D eigenvalue weighted by Gasteiger charge is 2.26. The second kappa shape index (κ2) is 81.9. The first-order valence-corrected chi connectivity index (χ1v) is 43.2. The van der Waals surface area contributed by atoms with Crippen LogP contribution in [0.1, 0.15) is 412 Å². The molecular formula is C87H158NO8P. The average molecular weight is 1380 g/mol. The van der Waals surface area contributed by atoms with Gasteiger partial charge in [-0.2, -0.15) is 0 Å². The fourth-order valence-corrected chi connectivity index (χ4v) is 13.1. The minimum atomic E-state index is -4.40. The highest BCUT2D eigenvalue weighted by Crippen LogP contribution is 2.43. The third kappa shape index (κ3) is 81.8. The van der Waals surface area contributed by atoms with E-state index >= 15 is 0 Å². The van der Waals surface area contributed by atoms with E-state index in [0.29, 0.717) is 6.42 Å². The Morgan fingerprint density at radius 2 is 0.567 bits per heavy atom. The molecular weight excluding hydrogens is 1220 g/mol. The van der Waals surface area contributed by atoms with Gasteiger partial charge < -0.3 is 20.1 Å². The number of rotatable bonds is 79. The maximum atomic E-state index is 12.8. The van der Waals surface area contributed by atoms with E-state index in [1.807, 2.05) is 0 Å². The summed E-state index contributed by atoms with van der Waals surface area (Å²) in [5, 5.41) is 0. The molecule has 0 heterocycles. The number of hydrogen-bond acceptors (Lipinski definition) is 8. The summed E-state index contributed by atoms with van der Waals surface area (Å²) in [5.74, 6) is -0.809. The van der Waals surface area contributed by atoms with Gasteiger partial charge in [-0.25, -0.2) is 4.57 Å². The Hall–Kier alpha value is -3.07. The lowest BCUT2D eigenvalue weighted by Gasteiger charge is -2.19. The van der Waals surface area contributed by atoms with Crippen molar-refractivity contribution < 1.29 is 37.6 Å². The number of phosphoric acid groups is 1. The molecule has 10 heteroatoms. The molecule has 0 spiro atoms. The zero-order valence-corrected chi connectivity index (χ0v) is 64.7. The minimum Gasteiger partial charge on any atom is -0.462 e. The predicted octanol–water partition coefficient (Wildman–Crippen LogP) is 28.2. The second-order valence-corrected chi connectivity index (χ2v) is 29.4. The van der Waals surface area contributed by atoms with Gasteiger partial charge in [-0.3, -0.25) is 18.6 Å². The quantitative estimate of drug-likeness (QED) is 0.0264. The lowest BCUT2D eigenvalue weighted by atomic mass is 10.0. The van der Waals surface area contributed by atoms with Gasteiger partial charge in [0.15, 0.2) is 6.10 Å². The molecule has 2 atom stereocenters. The minimum absolute atomic E-state index is 0.0533. The van der Waals surface area contributed by atoms with E-state index in [1.54, 1.807) is 0 Å². The number of allylic oxidation sites excluding steroid dienone is 16. The van der Waals surface area contributed by atoms with E-state index in [-0.39, 0.29) is 38.6 Å². The number of esters is 2. The van der Waals surface area contributed by atoms with Crippen molar-refractivity contribution in [2.24, 2.45) is 5.73 Å². The zero-order valence-electron chi connectivity index (χ0n) is 63.8. The van der Waals surface area contributed by atoms with Gasteiger partial charge in [0.05, 0.1) is 13.2 Å². The maximum Gasteiger partial charge on any atom is 0.472 e. The van der Waals surface area contributed by atoms with Crippen molar-refractivity contribution in [3.05, 3.63) is 97.2 Å². The van der Waals surface area contributed by atoms with Crippen molar-refractivity contribution in [1.29, 1.82) is 0 Å². The van der Waals surface area contributed by atoms with Gasteiger partial charge >= 0.3 is 19.8 Å². The monoisotopic (exact) mass is 1380 g/mol. The van der Waals surface area contributed by atoms with Crippen LogP contribution >= 0.6 is 7.82 Å². The summed E-state index contributed by atoms with van der Waals surface area (Å²) in [4.78, 5) is 35.5. The van der Waals surface area contributed by atoms with Crippen molar-refractivity contribution in [2.75, 3.05) is 26.4 Å². The number of carbonyl (C=O) groups excluding carboxylic acids is 2. The Kier molecular flexibility index (Phi) is 79.3. The molecule has 2 unspecified atom stereocenters. The zero-order chi connectivity index (χ0) is 70.0. The molecule has 0 saturated heterocycles. The molecule has 3 N–H and O–H groups in total. The van der Waals surface area contributed by atoms with Gasteiger partial charge in [0, 0.05) is 19.4 Å². The Morgan fingerprint density at radius 3 is 0.856 bits per heavy atom. The van der Waals surface area contributed by atoms with Crippen LogP contribution in [0.15, 0.2) is 97.2 Å². The molecule has 0 aliphatic heterocycles. The van der Waals surface area contributed by atoms with Crippen molar-refractivity contribution in [2.45, 2.75) is 418 Å². The molecule has 0 rings (SSSR count). The smallest absolute Gasteiger partial charge is 0.462 e. The summed E-state index contributed by atoms with van der Waals surface area (Å²) in [6, 6.07) is 0. The number of ether oxygens (including phenoxy) is 2. The summed E-state index contributed by atoms with van der Waals surface area (Å²) >= 11 is 0. The fourth-order valence-electron chi connectivity index (χ4n) is 12.3. The fraction of sp³-hybridized carbons (Fsp3) is 0.793. The number of hydrogen-bond donors (Lipinski definition) is 2. The Bertz CT molecular complexity index is 1920. The number of phosphoric ester groups is 1. The average Bonchev–Trinajstić information content (AvgIpc) is 2.88. The third-order valence-corrected chi connectivity index (χ3v) is 19.4. The van der Waals surface area contributed by atoms with Crippen LogP contribution in [0.4, 0.5) is 0 Å². The van der Waals surface area contributed by atoms with Gasteiger partial charge in [0.25, 0.3) is 0 Å². The lowest BCUT2D eigenvalue weighted by molar-refractivity contribution is -0.161. The molecule has 0 aromatic rings. The molecule has 564 valence electrons. The Balaban J connectivity index is 3.77. The van der Waals surface area contributed by atoms with E-state index in [0.717, 1.165) is 83.5 Å². The summed E-state index contributed by atoms with van der Waals surface area (Å²) in [7, 11) is -4.40. The number of nitrogens with two attached hydrogens (primary N) is 1. The SMILES string of the molecule is CC/C=C\C/C=C\C/C=C\C/C=C\C/C=C\C/C=C\C/C=C\CCCCCCCCCCCCCCCCCCCC(=O)OC(COC(=O)CCCCCCCCCCCCCCCCCCCCCCCCCCC/C=C\CCCCCCCCCC)COP(=O)(O)OCCN. The summed E-state index contributed by atoms with van der Waals surface area (Å²) in [6.07, 6.45) is 113. The van der Waals surface area contributed by atoms with Crippen molar-refractivity contribution in [3.8, 4) is 0 Å². The van der Waals surface area contributed by atoms with Crippen molar-refractivity contribution in [1.82, 2.24) is 0 Å². The van der Waals surface area contributed by atoms with Gasteiger partial charge in [-0.05, 0) is 96.3 Å². The van der Waals surface area contributed by atoms with E-state index in [9.17, 15) is 19.0 Å². The predicted molar refractivity (Wildman–Crippen MR) is 422 cm³/mol. The van der Waals surface area contributed by atoms with Crippen LogP contribution in [0.2, 0.25) is 0 Å². The molecule has 9 nitrogen and oxygen atoms in total. The molecule has 0 aliphatic carbocycles. The number of carbonyl (C=O) groups is 2. The first-order valence-electron chi connectivity index (χ1n) is 41.7. The van der Waals surface area contributed by atoms with E-state index < -0.39 is 26.5 Å². The molecule has 0 saturated carbocycles. The Labute approximate surface area is 601 Å². The molecule has 97 heavy (non-hydrogen) atoms. The molecule has 0 bridgehead atoms. The van der Waals surface area contributed by atoms with E-state index in [1.165, 1.54) is 295 Å². The van der Waals surface area contributed by atoms with Crippen LogP contribution < -0.4 is 5.73 Å². The molecule has 0 aromatic heterocycles. The van der Waals surface area contributed by atoms with Gasteiger partial charge in [-0.1, -0.05) is 400 Å². The summed E-state index contributed by atoms with van der Waals surface area (Å²) in [5.41, 5.74) is 5.42. The first-order chi connectivity index (χ1) is 47.8. The van der Waals surface area contributed by atoms with Crippen LogP contribution in [-0.2, 0) is 32.7 Å². The number of unbranched alkanes of at least 4 members (excludes halogenated alkanes) is 50. The van der Waals surface area contributed by atoms with Gasteiger partial charge in [0.2, 0.25) is 0 Å². The lowest BCUT2D eigenvalue weighted by Crippen LogP contribution is -2.29. The normalized spacial score (nSPS) is 13.3. The molecule has 0 aromatic carbocycles. The summed E-state index contributed by atoms with van der Waals surface area (Å²) < 4.78 is 33.3. The highest BCUT2D eigenvalue weighted by molar-refractivity contribution is 7.47. The van der Waals surface area contributed by atoms with E-state index in [2.05, 4.69) is 111 Å². The maximum absolute atomic E-state index is 12.8. The topological polar surface area (TPSA) is 134 Å². The highest BCUT2D eigenvalue weighted by atomic mass is 31.2. The van der Waals surface area contributed by atoms with Crippen LogP contribution in [0.25, 0.3) is 0 Å². The largest absolute Gasteiger partial charge is 0.472 e. The van der Waals surface area contributed by atoms with Gasteiger partial charge in [0.1, 0.15) is 6.61 Å². The standard InChI is InChI=1S/C87H158NO8P/c1-3-5-7-9-11-13-15-17-19-21-23-25-27-29-31-33-35-37-39-41-42-44-46-48-50-52-54-56-58-60-62-64-66-68-70-72-74-76-78-80-87(90)96-85(84-95-97(91,92)94-82-81-88)83-93-86(89)79-77-75-73-71-69-67-65-63-61-59-57-55-53-51-49-47-45-43-40-38-36-34-32-30-28-26-24-22-20-18-16-14-12-10-8-6-4-2/h5,7,11,13,17,19,22-25,29,31,35,37,41-42,85H,3-4,6,8-10,12,14-16,18,20-21,26-28,30,32-34,36,38-40,43-84,88H2,1-2H3,(H,91,92)/b7-5-,13-11-,19-17-,24-22-,25-23-,31-29-,37-35-,42-41-. The molecule has 0 amide bonds. The van der Waals surface area contributed by atoms with E-state index in [4.69, 9.17) is 24.3 Å². The molecule has 0 aliphatic rings.